The highest BCUT2D eigenvalue weighted by Crippen LogP contribution is 2.27. The summed E-state index contributed by atoms with van der Waals surface area (Å²) in [4.78, 5) is 28.3. The van der Waals surface area contributed by atoms with E-state index in [1.807, 2.05) is 21.9 Å². The van der Waals surface area contributed by atoms with Crippen LogP contribution in [0.5, 0.6) is 5.75 Å². The number of carbonyl (C=O) groups is 2. The monoisotopic (exact) mass is 436 g/mol. The largest absolute Gasteiger partial charge is 0.506 e. The van der Waals surface area contributed by atoms with Crippen molar-refractivity contribution in [3.05, 3.63) is 53.8 Å². The molecule has 1 aliphatic heterocycles. The molecule has 1 unspecified atom stereocenters. The van der Waals surface area contributed by atoms with Crippen LogP contribution in [0.25, 0.3) is 0 Å². The second-order valence-corrected chi connectivity index (χ2v) is 7.18. The number of aromatic hydroxyl groups is 1. The Morgan fingerprint density at radius 1 is 1.03 bits per heavy atom. The first-order valence-corrected chi connectivity index (χ1v) is 9.76. The number of hydrogen-bond donors (Lipinski definition) is 3. The summed E-state index contributed by atoms with van der Waals surface area (Å²) in [6.45, 7) is 3.65. The van der Waals surface area contributed by atoms with Gasteiger partial charge in [0.1, 0.15) is 5.75 Å². The lowest BCUT2D eigenvalue weighted by Crippen LogP contribution is -2.54. The molecule has 10 heteroatoms. The average molecular weight is 436 g/mol. The molecule has 0 radical (unpaired) electrons. The second-order valence-electron chi connectivity index (χ2n) is 7.18. The van der Waals surface area contributed by atoms with E-state index in [1.54, 1.807) is 19.1 Å². The van der Waals surface area contributed by atoms with Crippen molar-refractivity contribution in [2.45, 2.75) is 13.0 Å². The van der Waals surface area contributed by atoms with Crippen molar-refractivity contribution in [3.8, 4) is 5.75 Å². The Morgan fingerprint density at radius 2 is 1.71 bits per heavy atom. The molecule has 0 spiro atoms. The lowest BCUT2D eigenvalue weighted by molar-refractivity contribution is -0.128. The lowest BCUT2D eigenvalue weighted by Gasteiger charge is -2.38. The van der Waals surface area contributed by atoms with E-state index in [-0.39, 0.29) is 5.75 Å². The number of phenols is 1. The maximum absolute atomic E-state index is 13.6. The zero-order chi connectivity index (χ0) is 22.5. The summed E-state index contributed by atoms with van der Waals surface area (Å²) in [5.74, 6) is -5.51. The number of hydrogen-bond acceptors (Lipinski definition) is 5. The minimum absolute atomic E-state index is 0.199. The SMILES string of the molecule is CC(C(=O)NCC(=O)Nc1ccc(F)c(F)c1F)N1CCN(c2ccccc2O)CC1. The third-order valence-corrected chi connectivity index (χ3v) is 5.20. The Bertz CT molecular complexity index is 965. The summed E-state index contributed by atoms with van der Waals surface area (Å²) < 4.78 is 39.8. The number of rotatable bonds is 6. The number of anilines is 2. The minimum atomic E-state index is -1.68. The summed E-state index contributed by atoms with van der Waals surface area (Å²) in [7, 11) is 0. The van der Waals surface area contributed by atoms with E-state index < -0.39 is 47.5 Å². The maximum atomic E-state index is 13.6. The molecular weight excluding hydrogens is 413 g/mol. The molecule has 0 aliphatic carbocycles. The summed E-state index contributed by atoms with van der Waals surface area (Å²) in [5, 5.41) is 14.5. The Balaban J connectivity index is 1.47. The molecule has 7 nitrogen and oxygen atoms in total. The van der Waals surface area contributed by atoms with Crippen molar-refractivity contribution in [1.29, 1.82) is 0 Å². The van der Waals surface area contributed by atoms with E-state index >= 15 is 0 Å². The molecule has 0 bridgehead atoms. The van der Waals surface area contributed by atoms with Gasteiger partial charge in [-0.2, -0.15) is 0 Å². The number of phenolic OH excluding ortho intramolecular Hbond substituents is 1. The van der Waals surface area contributed by atoms with E-state index in [0.29, 0.717) is 32.2 Å². The molecule has 31 heavy (non-hydrogen) atoms. The normalized spacial score (nSPS) is 15.4. The molecule has 1 atom stereocenters. The van der Waals surface area contributed by atoms with Crippen LogP contribution in [-0.4, -0.2) is 60.6 Å². The molecule has 0 saturated carbocycles. The van der Waals surface area contributed by atoms with Gasteiger partial charge in [0, 0.05) is 26.2 Å². The van der Waals surface area contributed by atoms with Gasteiger partial charge in [-0.15, -0.1) is 0 Å². The van der Waals surface area contributed by atoms with E-state index in [9.17, 15) is 27.9 Å². The lowest BCUT2D eigenvalue weighted by atomic mass is 10.2. The van der Waals surface area contributed by atoms with Crippen LogP contribution in [0.2, 0.25) is 0 Å². The quantitative estimate of drug-likeness (QED) is 0.604. The molecule has 1 heterocycles. The van der Waals surface area contributed by atoms with Gasteiger partial charge in [-0.05, 0) is 31.2 Å². The van der Waals surface area contributed by atoms with Crippen LogP contribution in [0.4, 0.5) is 24.5 Å². The highest BCUT2D eigenvalue weighted by molar-refractivity contribution is 5.95. The molecular formula is C21H23F3N4O3. The van der Waals surface area contributed by atoms with Gasteiger partial charge in [0.05, 0.1) is 24.0 Å². The van der Waals surface area contributed by atoms with Crippen LogP contribution in [0, 0.1) is 17.5 Å². The number of benzene rings is 2. The van der Waals surface area contributed by atoms with Crippen LogP contribution in [0.3, 0.4) is 0 Å². The van der Waals surface area contributed by atoms with Crippen molar-refractivity contribution in [2.24, 2.45) is 0 Å². The van der Waals surface area contributed by atoms with E-state index in [0.717, 1.165) is 11.8 Å². The van der Waals surface area contributed by atoms with Gasteiger partial charge in [-0.25, -0.2) is 13.2 Å². The van der Waals surface area contributed by atoms with E-state index in [1.165, 1.54) is 0 Å². The Labute approximate surface area is 177 Å². The fourth-order valence-corrected chi connectivity index (χ4v) is 3.38. The minimum Gasteiger partial charge on any atom is -0.506 e. The Kier molecular flexibility index (Phi) is 7.01. The fraction of sp³-hybridized carbons (Fsp3) is 0.333. The molecule has 2 aromatic carbocycles. The van der Waals surface area contributed by atoms with Crippen LogP contribution in [0.15, 0.2) is 36.4 Å². The number of halogens is 3. The van der Waals surface area contributed by atoms with Crippen LogP contribution >= 0.6 is 0 Å². The molecule has 1 aliphatic rings. The third-order valence-electron chi connectivity index (χ3n) is 5.20. The highest BCUT2D eigenvalue weighted by atomic mass is 19.2. The number of nitrogens with zero attached hydrogens (tertiary/aromatic N) is 2. The zero-order valence-electron chi connectivity index (χ0n) is 16.9. The van der Waals surface area contributed by atoms with Crippen molar-refractivity contribution in [2.75, 3.05) is 42.9 Å². The van der Waals surface area contributed by atoms with Crippen molar-refractivity contribution < 1.29 is 27.9 Å². The smallest absolute Gasteiger partial charge is 0.243 e. The van der Waals surface area contributed by atoms with Gasteiger partial charge in [-0.1, -0.05) is 12.1 Å². The predicted octanol–water partition coefficient (Wildman–Crippen LogP) is 2.07. The highest BCUT2D eigenvalue weighted by Gasteiger charge is 2.26. The molecule has 0 aromatic heterocycles. The van der Waals surface area contributed by atoms with Crippen molar-refractivity contribution in [1.82, 2.24) is 10.2 Å². The fourth-order valence-electron chi connectivity index (χ4n) is 3.38. The van der Waals surface area contributed by atoms with Gasteiger partial charge in [0.15, 0.2) is 17.5 Å². The second kappa shape index (κ2) is 9.69. The van der Waals surface area contributed by atoms with Crippen molar-refractivity contribution >= 4 is 23.2 Å². The standard InChI is InChI=1S/C21H23F3N4O3/c1-13(27-8-10-28(11-9-27)16-4-2-3-5-17(16)29)21(31)25-12-18(30)26-15-7-6-14(22)19(23)20(15)24/h2-7,13,29H,8-12H2,1H3,(H,25,31)(H,26,30). The summed E-state index contributed by atoms with van der Waals surface area (Å²) in [6.07, 6.45) is 0. The molecule has 1 saturated heterocycles. The predicted molar refractivity (Wildman–Crippen MR) is 109 cm³/mol. The molecule has 3 rings (SSSR count). The van der Waals surface area contributed by atoms with Crippen LogP contribution in [-0.2, 0) is 9.59 Å². The molecule has 1 fully saturated rings. The van der Waals surface area contributed by atoms with Gasteiger partial charge < -0.3 is 20.6 Å². The number of para-hydroxylation sites is 2. The summed E-state index contributed by atoms with van der Waals surface area (Å²) in [6, 6.07) is 8.13. The van der Waals surface area contributed by atoms with Crippen molar-refractivity contribution in [3.63, 3.8) is 0 Å². The first-order valence-electron chi connectivity index (χ1n) is 9.76. The Hall–Kier alpha value is -3.27. The first kappa shape index (κ1) is 22.4. The molecule has 2 amide bonds. The van der Waals surface area contributed by atoms with Gasteiger partial charge in [0.2, 0.25) is 11.8 Å². The average Bonchev–Trinajstić information content (AvgIpc) is 2.78. The number of nitrogens with one attached hydrogen (secondary N) is 2. The maximum Gasteiger partial charge on any atom is 0.243 e. The summed E-state index contributed by atoms with van der Waals surface area (Å²) in [5.41, 5.74) is 0.229. The van der Waals surface area contributed by atoms with Gasteiger partial charge in [0.25, 0.3) is 0 Å². The van der Waals surface area contributed by atoms with Crippen LogP contribution in [0.1, 0.15) is 6.92 Å². The Morgan fingerprint density at radius 3 is 2.39 bits per heavy atom. The number of carbonyl (C=O) groups excluding carboxylic acids is 2. The van der Waals surface area contributed by atoms with E-state index in [2.05, 4.69) is 10.6 Å². The zero-order valence-corrected chi connectivity index (χ0v) is 16.9. The van der Waals surface area contributed by atoms with Gasteiger partial charge in [-0.3, -0.25) is 14.5 Å². The first-order chi connectivity index (χ1) is 14.8. The number of piperazine rings is 1. The topological polar surface area (TPSA) is 84.9 Å². The molecule has 3 N–H and O–H groups in total. The molecule has 2 aromatic rings. The number of amides is 2. The van der Waals surface area contributed by atoms with Gasteiger partial charge >= 0.3 is 0 Å². The van der Waals surface area contributed by atoms with E-state index in [4.69, 9.17) is 0 Å². The third kappa shape index (κ3) is 5.26. The van der Waals surface area contributed by atoms with Crippen LogP contribution < -0.4 is 15.5 Å². The molecule has 166 valence electrons. The summed E-state index contributed by atoms with van der Waals surface area (Å²) >= 11 is 0.